The van der Waals surface area contributed by atoms with Crippen LogP contribution in [0.4, 0.5) is 0 Å². The Kier molecular flexibility index (Phi) is 11.8. The molecule has 0 heterocycles. The molecule has 0 saturated carbocycles. The predicted molar refractivity (Wildman–Crippen MR) is 106 cm³/mol. The lowest BCUT2D eigenvalue weighted by atomic mass is 10.1. The van der Waals surface area contributed by atoms with Crippen molar-refractivity contribution in [3.63, 3.8) is 0 Å². The van der Waals surface area contributed by atoms with Gasteiger partial charge in [-0.2, -0.15) is 8.42 Å². The van der Waals surface area contributed by atoms with Crippen molar-refractivity contribution in [1.29, 1.82) is 0 Å². The summed E-state index contributed by atoms with van der Waals surface area (Å²) in [7, 11) is -3.84. The molecule has 0 N–H and O–H groups in total. The Hall–Kier alpha value is -0.290. The summed E-state index contributed by atoms with van der Waals surface area (Å²) in [5.41, 5.74) is 0. The molecule has 0 aliphatic heterocycles. The molecule has 6 heteroatoms. The SMILES string of the molecule is CCCCCCCCCCCCCOS(=O)(=O)c1cc(Cl)ccc1Cl. The largest absolute Gasteiger partial charge is 0.298 e. The maximum absolute atomic E-state index is 12.1. The van der Waals surface area contributed by atoms with Crippen LogP contribution in [-0.2, 0) is 14.3 Å². The van der Waals surface area contributed by atoms with E-state index in [-0.39, 0.29) is 16.5 Å². The number of hydrogen-bond donors (Lipinski definition) is 0. The molecule has 25 heavy (non-hydrogen) atoms. The second-order valence-corrected chi connectivity index (χ2v) is 8.81. The highest BCUT2D eigenvalue weighted by Gasteiger charge is 2.19. The number of hydrogen-bond acceptors (Lipinski definition) is 3. The summed E-state index contributed by atoms with van der Waals surface area (Å²) in [6.07, 6.45) is 13.3. The molecule has 0 bridgehead atoms. The first-order chi connectivity index (χ1) is 12.0. The average Bonchev–Trinajstić information content (AvgIpc) is 2.58. The van der Waals surface area contributed by atoms with Gasteiger partial charge in [0, 0.05) is 5.02 Å². The van der Waals surface area contributed by atoms with Gasteiger partial charge in [-0.3, -0.25) is 4.18 Å². The Morgan fingerprint density at radius 1 is 0.840 bits per heavy atom. The van der Waals surface area contributed by atoms with Crippen molar-refractivity contribution in [1.82, 2.24) is 0 Å². The summed E-state index contributed by atoms with van der Waals surface area (Å²) in [5, 5.41) is 0.449. The van der Waals surface area contributed by atoms with Crippen LogP contribution in [0.3, 0.4) is 0 Å². The number of unbranched alkanes of at least 4 members (excludes halogenated alkanes) is 10. The minimum absolute atomic E-state index is 0.0651. The van der Waals surface area contributed by atoms with Gasteiger partial charge in [-0.05, 0) is 24.6 Å². The van der Waals surface area contributed by atoms with Gasteiger partial charge in [-0.15, -0.1) is 0 Å². The van der Waals surface area contributed by atoms with E-state index in [0.29, 0.717) is 5.02 Å². The van der Waals surface area contributed by atoms with Crippen molar-refractivity contribution >= 4 is 33.3 Å². The molecule has 144 valence electrons. The second kappa shape index (κ2) is 13.0. The molecule has 0 amide bonds. The van der Waals surface area contributed by atoms with Crippen LogP contribution in [0, 0.1) is 0 Å². The van der Waals surface area contributed by atoms with Crippen molar-refractivity contribution in [3.8, 4) is 0 Å². The Morgan fingerprint density at radius 3 is 1.92 bits per heavy atom. The molecule has 1 rings (SSSR count). The van der Waals surface area contributed by atoms with Crippen molar-refractivity contribution < 1.29 is 12.6 Å². The van der Waals surface area contributed by atoms with E-state index in [1.165, 1.54) is 63.5 Å². The lowest BCUT2D eigenvalue weighted by molar-refractivity contribution is 0.306. The molecule has 3 nitrogen and oxygen atoms in total. The molecule has 0 atom stereocenters. The Labute approximate surface area is 163 Å². The minimum atomic E-state index is -3.84. The number of halogens is 2. The summed E-state index contributed by atoms with van der Waals surface area (Å²) in [6, 6.07) is 4.33. The van der Waals surface area contributed by atoms with Crippen LogP contribution >= 0.6 is 23.2 Å². The highest BCUT2D eigenvalue weighted by atomic mass is 35.5. The standard InChI is InChI=1S/C19H30Cl2O3S/c1-2-3-4-5-6-7-8-9-10-11-12-15-24-25(22,23)19-16-17(20)13-14-18(19)21/h13-14,16H,2-12,15H2,1H3. The molecule has 0 saturated heterocycles. The van der Waals surface area contributed by atoms with E-state index in [1.54, 1.807) is 6.07 Å². The molecule has 1 aromatic carbocycles. The third-order valence-electron chi connectivity index (χ3n) is 4.15. The summed E-state index contributed by atoms with van der Waals surface area (Å²) in [5.74, 6) is 0. The van der Waals surface area contributed by atoms with Gasteiger partial charge in [-0.25, -0.2) is 0 Å². The third-order valence-corrected chi connectivity index (χ3v) is 6.18. The molecule has 0 unspecified atom stereocenters. The molecule has 0 aliphatic carbocycles. The molecular weight excluding hydrogens is 379 g/mol. The van der Waals surface area contributed by atoms with Crippen LogP contribution in [0.1, 0.15) is 77.6 Å². The summed E-state index contributed by atoms with van der Waals surface area (Å²) in [6.45, 7) is 2.42. The maximum Gasteiger partial charge on any atom is 0.298 e. The van der Waals surface area contributed by atoms with Gasteiger partial charge in [0.2, 0.25) is 0 Å². The minimum Gasteiger partial charge on any atom is -0.266 e. The predicted octanol–water partition coefficient (Wildman–Crippen LogP) is 7.01. The first kappa shape index (κ1) is 22.8. The maximum atomic E-state index is 12.1. The average molecular weight is 409 g/mol. The molecule has 0 aromatic heterocycles. The Balaban J connectivity index is 2.10. The van der Waals surface area contributed by atoms with E-state index in [4.69, 9.17) is 27.4 Å². The highest BCUT2D eigenvalue weighted by molar-refractivity contribution is 7.86. The molecule has 0 fully saturated rings. The van der Waals surface area contributed by atoms with E-state index < -0.39 is 10.1 Å². The van der Waals surface area contributed by atoms with Crippen LogP contribution in [-0.4, -0.2) is 15.0 Å². The molecule has 0 aliphatic rings. The first-order valence-electron chi connectivity index (χ1n) is 9.32. The van der Waals surface area contributed by atoms with Gasteiger partial charge in [0.15, 0.2) is 0 Å². The zero-order valence-electron chi connectivity index (χ0n) is 15.1. The summed E-state index contributed by atoms with van der Waals surface area (Å²) in [4.78, 5) is -0.0651. The van der Waals surface area contributed by atoms with Crippen LogP contribution in [0.15, 0.2) is 23.1 Å². The third kappa shape index (κ3) is 9.83. The molecule has 0 radical (unpaired) electrons. The van der Waals surface area contributed by atoms with Crippen molar-refractivity contribution in [2.24, 2.45) is 0 Å². The van der Waals surface area contributed by atoms with Gasteiger partial charge in [0.1, 0.15) is 4.90 Å². The molecular formula is C19H30Cl2O3S. The molecule has 0 spiro atoms. The summed E-state index contributed by atoms with van der Waals surface area (Å²) >= 11 is 11.7. The lowest BCUT2D eigenvalue weighted by Crippen LogP contribution is -2.08. The van der Waals surface area contributed by atoms with Crippen LogP contribution in [0.25, 0.3) is 0 Å². The van der Waals surface area contributed by atoms with Crippen LogP contribution in [0.2, 0.25) is 10.0 Å². The van der Waals surface area contributed by atoms with Crippen LogP contribution < -0.4 is 0 Å². The fraction of sp³-hybridized carbons (Fsp3) is 0.684. The van der Waals surface area contributed by atoms with E-state index >= 15 is 0 Å². The van der Waals surface area contributed by atoms with Gasteiger partial charge in [0.05, 0.1) is 11.6 Å². The van der Waals surface area contributed by atoms with Crippen molar-refractivity contribution in [2.75, 3.05) is 6.61 Å². The quantitative estimate of drug-likeness (QED) is 0.245. The van der Waals surface area contributed by atoms with E-state index in [0.717, 1.165) is 19.3 Å². The number of rotatable bonds is 14. The normalized spacial score (nSPS) is 11.8. The van der Waals surface area contributed by atoms with E-state index in [2.05, 4.69) is 6.92 Å². The number of benzene rings is 1. The van der Waals surface area contributed by atoms with Gasteiger partial charge in [0.25, 0.3) is 10.1 Å². The zero-order chi connectivity index (χ0) is 18.5. The Morgan fingerprint density at radius 2 is 1.36 bits per heavy atom. The van der Waals surface area contributed by atoms with E-state index in [9.17, 15) is 8.42 Å². The monoisotopic (exact) mass is 408 g/mol. The van der Waals surface area contributed by atoms with Gasteiger partial charge in [-0.1, -0.05) is 94.3 Å². The second-order valence-electron chi connectivity index (χ2n) is 6.39. The Bertz CT molecular complexity index is 588. The summed E-state index contributed by atoms with van der Waals surface area (Å²) < 4.78 is 29.3. The van der Waals surface area contributed by atoms with Gasteiger partial charge >= 0.3 is 0 Å². The van der Waals surface area contributed by atoms with Crippen molar-refractivity contribution in [2.45, 2.75) is 82.4 Å². The fourth-order valence-corrected chi connectivity index (χ4v) is 4.35. The zero-order valence-corrected chi connectivity index (χ0v) is 17.4. The molecule has 1 aromatic rings. The van der Waals surface area contributed by atoms with Crippen molar-refractivity contribution in [3.05, 3.63) is 28.2 Å². The lowest BCUT2D eigenvalue weighted by Gasteiger charge is -2.08. The first-order valence-corrected chi connectivity index (χ1v) is 11.5. The van der Waals surface area contributed by atoms with E-state index in [1.807, 2.05) is 0 Å². The smallest absolute Gasteiger partial charge is 0.266 e. The topological polar surface area (TPSA) is 43.4 Å². The van der Waals surface area contributed by atoms with Crippen LogP contribution in [0.5, 0.6) is 0 Å². The highest BCUT2D eigenvalue weighted by Crippen LogP contribution is 2.26. The van der Waals surface area contributed by atoms with Gasteiger partial charge < -0.3 is 0 Å². The fourth-order valence-electron chi connectivity index (χ4n) is 2.67.